The van der Waals surface area contributed by atoms with Gasteiger partial charge in [0, 0.05) is 0 Å². The molecule has 4 aliphatic rings. The highest BCUT2D eigenvalue weighted by Crippen LogP contribution is 2.49. The first kappa shape index (κ1) is 13.2. The van der Waals surface area contributed by atoms with Crippen molar-refractivity contribution in [3.05, 3.63) is 42.0 Å². The minimum absolute atomic E-state index is 0.124. The molecule has 1 aliphatic heterocycles. The molecule has 3 aliphatic carbocycles. The van der Waals surface area contributed by atoms with Crippen molar-refractivity contribution in [3.63, 3.8) is 0 Å². The molecule has 0 spiro atoms. The maximum absolute atomic E-state index is 12.5. The van der Waals surface area contributed by atoms with E-state index >= 15 is 0 Å². The summed E-state index contributed by atoms with van der Waals surface area (Å²) in [5.41, 5.74) is 0.650. The second-order valence-corrected chi connectivity index (χ2v) is 6.17. The number of fused-ring (bicyclic) bond motifs is 1. The highest BCUT2D eigenvalue weighted by Gasteiger charge is 2.56. The van der Waals surface area contributed by atoms with Crippen LogP contribution in [-0.2, 0) is 9.59 Å². The van der Waals surface area contributed by atoms with Crippen molar-refractivity contribution in [3.8, 4) is 5.75 Å². The van der Waals surface area contributed by atoms with Crippen LogP contribution in [0.4, 0.5) is 0 Å². The molecule has 0 aromatic heterocycles. The monoisotopic (exact) mass is 296 g/mol. The van der Waals surface area contributed by atoms with Gasteiger partial charge in [-0.05, 0) is 42.4 Å². The number of phenolic OH excluding ortho intramolecular Hbond substituents is 1. The van der Waals surface area contributed by atoms with E-state index in [9.17, 15) is 14.7 Å². The van der Waals surface area contributed by atoms with Crippen LogP contribution in [0.15, 0.2) is 41.5 Å². The first-order chi connectivity index (χ1) is 10.6. The zero-order valence-corrected chi connectivity index (χ0v) is 11.9. The minimum atomic E-state index is -0.238. The average molecular weight is 296 g/mol. The van der Waals surface area contributed by atoms with Crippen molar-refractivity contribution in [2.24, 2.45) is 28.8 Å². The molecule has 5 heteroatoms. The van der Waals surface area contributed by atoms with E-state index in [4.69, 9.17) is 0 Å². The Morgan fingerprint density at radius 3 is 2.27 bits per heavy atom. The second kappa shape index (κ2) is 4.80. The molecular formula is C17H16N2O3. The van der Waals surface area contributed by atoms with E-state index in [1.165, 1.54) is 12.3 Å². The van der Waals surface area contributed by atoms with Crippen molar-refractivity contribution >= 4 is 18.0 Å². The Morgan fingerprint density at radius 1 is 1.09 bits per heavy atom. The van der Waals surface area contributed by atoms with Gasteiger partial charge in [-0.15, -0.1) is 0 Å². The summed E-state index contributed by atoms with van der Waals surface area (Å²) in [6, 6.07) is 6.54. The van der Waals surface area contributed by atoms with E-state index in [0.29, 0.717) is 5.56 Å². The summed E-state index contributed by atoms with van der Waals surface area (Å²) in [6.07, 6.45) is 7.57. The number of phenols is 1. The molecule has 1 heterocycles. The molecule has 1 aromatic carbocycles. The standard InChI is InChI=1S/C17H16N2O3/c20-13-3-1-2-10(8-13)9-18-19-16(21)14-11-4-5-12(7-6-11)15(14)17(19)22/h1-5,8-9,11-12,14-15,20H,6-7H2/b18-9-/t11-,12-,14-,15-/m1/s1. The lowest BCUT2D eigenvalue weighted by molar-refractivity contribution is -0.140. The van der Waals surface area contributed by atoms with Gasteiger partial charge in [-0.25, -0.2) is 0 Å². The predicted molar refractivity (Wildman–Crippen MR) is 79.9 cm³/mol. The molecule has 2 fully saturated rings. The van der Waals surface area contributed by atoms with Gasteiger partial charge in [-0.1, -0.05) is 24.3 Å². The predicted octanol–water partition coefficient (Wildman–Crippen LogP) is 1.92. The third kappa shape index (κ3) is 1.89. The average Bonchev–Trinajstić information content (AvgIpc) is 2.80. The number of carbonyl (C=O) groups excluding carboxylic acids is 2. The Labute approximate surface area is 127 Å². The lowest BCUT2D eigenvalue weighted by atomic mass is 9.63. The molecule has 5 nitrogen and oxygen atoms in total. The number of hydrogen-bond acceptors (Lipinski definition) is 4. The zero-order valence-electron chi connectivity index (χ0n) is 11.9. The van der Waals surface area contributed by atoms with Crippen molar-refractivity contribution in [1.82, 2.24) is 5.01 Å². The van der Waals surface area contributed by atoms with Crippen LogP contribution in [0.3, 0.4) is 0 Å². The van der Waals surface area contributed by atoms with Gasteiger partial charge in [0.25, 0.3) is 11.8 Å². The molecule has 2 amide bonds. The lowest BCUT2D eigenvalue weighted by Crippen LogP contribution is -2.38. The summed E-state index contributed by atoms with van der Waals surface area (Å²) >= 11 is 0. The highest BCUT2D eigenvalue weighted by atomic mass is 16.3. The topological polar surface area (TPSA) is 70.0 Å². The Morgan fingerprint density at radius 2 is 1.73 bits per heavy atom. The van der Waals surface area contributed by atoms with E-state index in [1.807, 2.05) is 0 Å². The smallest absolute Gasteiger partial charge is 0.254 e. The molecule has 1 saturated heterocycles. The normalized spacial score (nSPS) is 33.0. The summed E-state index contributed by atoms with van der Waals surface area (Å²) in [7, 11) is 0. The van der Waals surface area contributed by atoms with Crippen LogP contribution in [0.1, 0.15) is 18.4 Å². The van der Waals surface area contributed by atoms with Gasteiger partial charge in [0.2, 0.25) is 0 Å². The van der Waals surface area contributed by atoms with Crippen molar-refractivity contribution in [1.29, 1.82) is 0 Å². The third-order valence-corrected chi connectivity index (χ3v) is 4.93. The summed E-state index contributed by atoms with van der Waals surface area (Å²) in [5, 5.41) is 14.6. The number of carbonyl (C=O) groups is 2. The van der Waals surface area contributed by atoms with E-state index in [0.717, 1.165) is 17.9 Å². The van der Waals surface area contributed by atoms with Gasteiger partial charge < -0.3 is 5.11 Å². The van der Waals surface area contributed by atoms with Crippen LogP contribution in [0.25, 0.3) is 0 Å². The number of amides is 2. The summed E-state index contributed by atoms with van der Waals surface area (Å²) < 4.78 is 0. The molecule has 2 bridgehead atoms. The zero-order chi connectivity index (χ0) is 15.3. The fourth-order valence-corrected chi connectivity index (χ4v) is 3.90. The fourth-order valence-electron chi connectivity index (χ4n) is 3.90. The largest absolute Gasteiger partial charge is 0.508 e. The number of allylic oxidation sites excluding steroid dienone is 2. The van der Waals surface area contributed by atoms with E-state index in [-0.39, 0.29) is 41.2 Å². The number of hydrogen-bond donors (Lipinski definition) is 1. The quantitative estimate of drug-likeness (QED) is 0.515. The molecule has 22 heavy (non-hydrogen) atoms. The number of aromatic hydroxyl groups is 1. The Bertz CT molecular complexity index is 678. The maximum atomic E-state index is 12.5. The molecule has 0 unspecified atom stereocenters. The lowest BCUT2D eigenvalue weighted by Gasteiger charge is -2.37. The van der Waals surface area contributed by atoms with Crippen LogP contribution in [0, 0.1) is 23.7 Å². The fraction of sp³-hybridized carbons (Fsp3) is 0.353. The van der Waals surface area contributed by atoms with Crippen LogP contribution in [0.5, 0.6) is 5.75 Å². The molecular weight excluding hydrogens is 280 g/mol. The molecule has 5 rings (SSSR count). The van der Waals surface area contributed by atoms with Crippen LogP contribution >= 0.6 is 0 Å². The van der Waals surface area contributed by atoms with Crippen LogP contribution in [0.2, 0.25) is 0 Å². The highest BCUT2D eigenvalue weighted by molar-refractivity contribution is 6.06. The van der Waals surface area contributed by atoms with Gasteiger partial charge in [-0.3, -0.25) is 9.59 Å². The molecule has 0 radical (unpaired) electrons. The van der Waals surface area contributed by atoms with E-state index < -0.39 is 0 Å². The number of imide groups is 1. The van der Waals surface area contributed by atoms with Gasteiger partial charge in [0.1, 0.15) is 5.75 Å². The Kier molecular flexibility index (Phi) is 2.89. The van der Waals surface area contributed by atoms with Crippen molar-refractivity contribution in [2.75, 3.05) is 0 Å². The molecule has 1 N–H and O–H groups in total. The Balaban J connectivity index is 1.61. The number of nitrogens with zero attached hydrogens (tertiary/aromatic N) is 2. The number of hydrazone groups is 1. The summed E-state index contributed by atoms with van der Waals surface area (Å²) in [6.45, 7) is 0. The first-order valence-electron chi connectivity index (χ1n) is 7.54. The summed E-state index contributed by atoms with van der Waals surface area (Å²) in [5.74, 6) is -0.384. The van der Waals surface area contributed by atoms with Crippen LogP contribution in [-0.4, -0.2) is 28.1 Å². The van der Waals surface area contributed by atoms with Gasteiger partial charge in [0.15, 0.2) is 0 Å². The van der Waals surface area contributed by atoms with Crippen LogP contribution < -0.4 is 0 Å². The SMILES string of the molecule is O=C1[C@H]2[C@H](C(=O)N1/N=C\c1cccc(O)c1)[C@@H]1C=C[C@@H]2CC1. The maximum Gasteiger partial charge on any atom is 0.254 e. The molecule has 1 saturated carbocycles. The molecule has 4 atom stereocenters. The van der Waals surface area contributed by atoms with E-state index in [2.05, 4.69) is 17.3 Å². The number of rotatable bonds is 2. The van der Waals surface area contributed by atoms with Gasteiger partial charge in [0.05, 0.1) is 18.1 Å². The molecule has 112 valence electrons. The van der Waals surface area contributed by atoms with Gasteiger partial charge >= 0.3 is 0 Å². The van der Waals surface area contributed by atoms with Gasteiger partial charge in [-0.2, -0.15) is 10.1 Å². The van der Waals surface area contributed by atoms with Crippen molar-refractivity contribution < 1.29 is 14.7 Å². The minimum Gasteiger partial charge on any atom is -0.508 e. The first-order valence-corrected chi connectivity index (χ1v) is 7.54. The van der Waals surface area contributed by atoms with Crippen molar-refractivity contribution in [2.45, 2.75) is 12.8 Å². The third-order valence-electron chi connectivity index (χ3n) is 4.93. The summed E-state index contributed by atoms with van der Waals surface area (Å²) in [4.78, 5) is 25.1. The molecule has 1 aromatic rings. The Hall–Kier alpha value is -2.43. The number of benzene rings is 1. The second-order valence-electron chi connectivity index (χ2n) is 6.17. The van der Waals surface area contributed by atoms with E-state index in [1.54, 1.807) is 18.2 Å².